The van der Waals surface area contributed by atoms with Gasteiger partial charge in [-0.25, -0.2) is 4.68 Å². The van der Waals surface area contributed by atoms with E-state index in [1.165, 1.54) is 24.8 Å². The van der Waals surface area contributed by atoms with Crippen LogP contribution in [0.3, 0.4) is 0 Å². The molecule has 172 valence electrons. The Morgan fingerprint density at radius 1 is 0.853 bits per heavy atom. The summed E-state index contributed by atoms with van der Waals surface area (Å²) in [5.74, 6) is 0.391. The van der Waals surface area contributed by atoms with Crippen molar-refractivity contribution in [2.24, 2.45) is 5.92 Å². The van der Waals surface area contributed by atoms with Crippen LogP contribution in [0, 0.1) is 12.8 Å². The maximum absolute atomic E-state index is 14.0. The zero-order valence-corrected chi connectivity index (χ0v) is 19.7. The van der Waals surface area contributed by atoms with Crippen LogP contribution in [0.15, 0.2) is 91.0 Å². The Labute approximate surface area is 201 Å². The van der Waals surface area contributed by atoms with Crippen LogP contribution >= 0.6 is 0 Å². The van der Waals surface area contributed by atoms with Crippen molar-refractivity contribution >= 4 is 5.91 Å². The largest absolute Gasteiger partial charge is 0.345 e. The summed E-state index contributed by atoms with van der Waals surface area (Å²) in [4.78, 5) is 14.0. The van der Waals surface area contributed by atoms with E-state index in [4.69, 9.17) is 5.10 Å². The highest BCUT2D eigenvalue weighted by Gasteiger charge is 2.30. The summed E-state index contributed by atoms with van der Waals surface area (Å²) in [6.07, 6.45) is 6.03. The summed E-state index contributed by atoms with van der Waals surface area (Å²) >= 11 is 0. The molecule has 0 radical (unpaired) electrons. The Balaban J connectivity index is 1.56. The van der Waals surface area contributed by atoms with Gasteiger partial charge in [0.2, 0.25) is 0 Å². The molecule has 4 aromatic rings. The molecule has 0 bridgehead atoms. The summed E-state index contributed by atoms with van der Waals surface area (Å²) in [7, 11) is 0. The first-order chi connectivity index (χ1) is 16.7. The van der Waals surface area contributed by atoms with Gasteiger partial charge in [-0.3, -0.25) is 4.79 Å². The fraction of sp³-hybridized carbons (Fsp3) is 0.267. The number of nitrogens with one attached hydrogen (secondary N) is 1. The summed E-state index contributed by atoms with van der Waals surface area (Å²) in [5, 5.41) is 8.36. The van der Waals surface area contributed by atoms with Gasteiger partial charge in [0.05, 0.1) is 23.0 Å². The van der Waals surface area contributed by atoms with Gasteiger partial charge in [-0.2, -0.15) is 5.10 Å². The van der Waals surface area contributed by atoms with Gasteiger partial charge in [-0.1, -0.05) is 98.1 Å². The third-order valence-corrected chi connectivity index (χ3v) is 6.96. The summed E-state index contributed by atoms with van der Waals surface area (Å²) < 4.78 is 1.88. The molecule has 0 saturated heterocycles. The highest BCUT2D eigenvalue weighted by atomic mass is 16.1. The molecule has 1 aliphatic rings. The minimum Gasteiger partial charge on any atom is -0.345 e. The molecule has 4 heteroatoms. The van der Waals surface area contributed by atoms with E-state index in [9.17, 15) is 4.79 Å². The van der Waals surface area contributed by atoms with Crippen molar-refractivity contribution in [1.29, 1.82) is 0 Å². The third-order valence-electron chi connectivity index (χ3n) is 6.96. The average Bonchev–Trinajstić information content (AvgIpc) is 3.26. The molecule has 3 aromatic carbocycles. The second-order valence-electron chi connectivity index (χ2n) is 9.18. The highest BCUT2D eigenvalue weighted by molar-refractivity contribution is 6.01. The second-order valence-corrected chi connectivity index (χ2v) is 9.18. The number of amides is 1. The van der Waals surface area contributed by atoms with E-state index in [-0.39, 0.29) is 11.9 Å². The first kappa shape index (κ1) is 22.1. The number of hydrogen-bond donors (Lipinski definition) is 1. The monoisotopic (exact) mass is 449 g/mol. The van der Waals surface area contributed by atoms with Crippen LogP contribution in [-0.2, 0) is 0 Å². The topological polar surface area (TPSA) is 46.9 Å². The molecular weight excluding hydrogens is 418 g/mol. The maximum Gasteiger partial charge on any atom is 0.255 e. The Bertz CT molecular complexity index is 1230. The average molecular weight is 450 g/mol. The lowest BCUT2D eigenvalue weighted by Crippen LogP contribution is -2.35. The van der Waals surface area contributed by atoms with Crippen molar-refractivity contribution in [1.82, 2.24) is 15.1 Å². The molecule has 1 saturated carbocycles. The number of benzene rings is 3. The number of carbonyl (C=O) groups excluding carboxylic acids is 1. The molecule has 4 nitrogen and oxygen atoms in total. The van der Waals surface area contributed by atoms with Gasteiger partial charge >= 0.3 is 0 Å². The molecule has 1 amide bonds. The molecule has 1 aromatic heterocycles. The molecule has 1 N–H and O–H groups in total. The number of para-hydroxylation sites is 1. The van der Waals surface area contributed by atoms with Crippen molar-refractivity contribution in [2.45, 2.75) is 45.1 Å². The highest BCUT2D eigenvalue weighted by Crippen LogP contribution is 2.35. The lowest BCUT2D eigenvalue weighted by molar-refractivity contribution is 0.0912. The normalized spacial score (nSPS) is 15.1. The Morgan fingerprint density at radius 3 is 2.09 bits per heavy atom. The predicted octanol–water partition coefficient (Wildman–Crippen LogP) is 6.90. The van der Waals surface area contributed by atoms with Crippen molar-refractivity contribution in [3.05, 3.63) is 108 Å². The standard InChI is InChI=1S/C30H31N3O/c1-22-27(29(25-18-10-4-11-19-25)32-33(22)26-20-12-5-13-21-26)30(34)31-28(23-14-6-2-7-15-23)24-16-8-3-9-17-24/h2,4-7,10-15,18-21,24,28H,3,8-9,16-17H2,1H3,(H,31,34). The first-order valence-electron chi connectivity index (χ1n) is 12.3. The van der Waals surface area contributed by atoms with Crippen LogP contribution < -0.4 is 5.32 Å². The first-order valence-corrected chi connectivity index (χ1v) is 12.3. The van der Waals surface area contributed by atoms with E-state index in [2.05, 4.69) is 29.6 Å². The molecule has 34 heavy (non-hydrogen) atoms. The molecule has 0 aliphatic heterocycles. The van der Waals surface area contributed by atoms with Crippen LogP contribution in [-0.4, -0.2) is 15.7 Å². The van der Waals surface area contributed by atoms with Crippen LogP contribution in [0.4, 0.5) is 0 Å². The smallest absolute Gasteiger partial charge is 0.255 e. The Hall–Kier alpha value is -3.66. The van der Waals surface area contributed by atoms with Gasteiger partial charge < -0.3 is 5.32 Å². The molecular formula is C30H31N3O. The van der Waals surface area contributed by atoms with Crippen molar-refractivity contribution in [3.63, 3.8) is 0 Å². The quantitative estimate of drug-likeness (QED) is 0.348. The van der Waals surface area contributed by atoms with Crippen molar-refractivity contribution in [2.75, 3.05) is 0 Å². The minimum atomic E-state index is -0.0574. The van der Waals surface area contributed by atoms with E-state index in [0.717, 1.165) is 35.5 Å². The summed E-state index contributed by atoms with van der Waals surface area (Å²) in [6, 6.07) is 30.4. The van der Waals surface area contributed by atoms with E-state index >= 15 is 0 Å². The fourth-order valence-electron chi connectivity index (χ4n) is 5.21. The second kappa shape index (κ2) is 10.1. The van der Waals surface area contributed by atoms with E-state index in [1.54, 1.807) is 0 Å². The zero-order valence-electron chi connectivity index (χ0n) is 19.7. The van der Waals surface area contributed by atoms with Crippen LogP contribution in [0.1, 0.15) is 59.8 Å². The van der Waals surface area contributed by atoms with Crippen LogP contribution in [0.5, 0.6) is 0 Å². The number of nitrogens with zero attached hydrogens (tertiary/aromatic N) is 2. The van der Waals surface area contributed by atoms with Gasteiger partial charge in [0.25, 0.3) is 5.91 Å². The Morgan fingerprint density at radius 2 is 1.44 bits per heavy atom. The molecule has 1 heterocycles. The Kier molecular flexibility index (Phi) is 6.57. The van der Waals surface area contributed by atoms with E-state index in [0.29, 0.717) is 11.5 Å². The molecule has 1 unspecified atom stereocenters. The number of hydrogen-bond acceptors (Lipinski definition) is 2. The number of aromatic nitrogens is 2. The summed E-state index contributed by atoms with van der Waals surface area (Å²) in [6.45, 7) is 1.99. The number of carbonyl (C=O) groups is 1. The van der Waals surface area contributed by atoms with Crippen molar-refractivity contribution in [3.8, 4) is 16.9 Å². The van der Waals surface area contributed by atoms with Gasteiger partial charge in [-0.05, 0) is 43.4 Å². The van der Waals surface area contributed by atoms with Gasteiger partial charge in [0.1, 0.15) is 5.69 Å². The van der Waals surface area contributed by atoms with Gasteiger partial charge in [0, 0.05) is 5.56 Å². The van der Waals surface area contributed by atoms with E-state index in [1.807, 2.05) is 78.3 Å². The minimum absolute atomic E-state index is 0.00269. The summed E-state index contributed by atoms with van der Waals surface area (Å²) in [5.41, 5.74) is 5.28. The third kappa shape index (κ3) is 4.54. The van der Waals surface area contributed by atoms with Gasteiger partial charge in [0.15, 0.2) is 0 Å². The maximum atomic E-state index is 14.0. The molecule has 1 aliphatic carbocycles. The molecule has 5 rings (SSSR count). The van der Waals surface area contributed by atoms with Crippen LogP contribution in [0.2, 0.25) is 0 Å². The van der Waals surface area contributed by atoms with Gasteiger partial charge in [-0.15, -0.1) is 0 Å². The molecule has 1 atom stereocenters. The zero-order chi connectivity index (χ0) is 23.3. The SMILES string of the molecule is Cc1c(C(=O)NC(c2ccccc2)C2CCCCC2)c(-c2ccccc2)nn1-c1ccccc1. The lowest BCUT2D eigenvalue weighted by Gasteiger charge is -2.31. The molecule has 0 spiro atoms. The number of rotatable bonds is 6. The lowest BCUT2D eigenvalue weighted by atomic mass is 9.81. The fourth-order valence-corrected chi connectivity index (χ4v) is 5.21. The predicted molar refractivity (Wildman–Crippen MR) is 137 cm³/mol. The van der Waals surface area contributed by atoms with E-state index < -0.39 is 0 Å². The molecule has 1 fully saturated rings. The van der Waals surface area contributed by atoms with Crippen LogP contribution in [0.25, 0.3) is 16.9 Å². The van der Waals surface area contributed by atoms with Crippen molar-refractivity contribution < 1.29 is 4.79 Å².